The van der Waals surface area contributed by atoms with Gasteiger partial charge < -0.3 is 5.32 Å². The van der Waals surface area contributed by atoms with Gasteiger partial charge in [-0.25, -0.2) is 12.7 Å². The zero-order valence-electron chi connectivity index (χ0n) is 16.1. The van der Waals surface area contributed by atoms with E-state index in [1.165, 1.54) is 25.9 Å². The lowest BCUT2D eigenvalue weighted by molar-refractivity contribution is -0.118. The first kappa shape index (κ1) is 21.6. The van der Waals surface area contributed by atoms with Crippen LogP contribution in [0.1, 0.15) is 5.56 Å². The number of fused-ring (bicyclic) bond motifs is 1. The van der Waals surface area contributed by atoms with Gasteiger partial charge in [0.2, 0.25) is 15.9 Å². The van der Waals surface area contributed by atoms with Crippen molar-refractivity contribution >= 4 is 50.1 Å². The molecule has 0 saturated heterocycles. The van der Waals surface area contributed by atoms with E-state index in [-0.39, 0.29) is 23.1 Å². The Morgan fingerprint density at radius 1 is 1.03 bits per heavy atom. The van der Waals surface area contributed by atoms with Gasteiger partial charge in [0.1, 0.15) is 0 Å². The van der Waals surface area contributed by atoms with Crippen molar-refractivity contribution in [3.05, 3.63) is 71.2 Å². The van der Waals surface area contributed by atoms with Gasteiger partial charge in [0.05, 0.1) is 10.6 Å². The predicted molar refractivity (Wildman–Crippen MR) is 119 cm³/mol. The highest BCUT2D eigenvalue weighted by molar-refractivity contribution is 8.00. The lowest BCUT2D eigenvalue weighted by Crippen LogP contribution is -2.27. The number of hydrogen-bond donors (Lipinski definition) is 1. The fourth-order valence-corrected chi connectivity index (χ4v) is 5.26. The van der Waals surface area contributed by atoms with Crippen molar-refractivity contribution < 1.29 is 13.2 Å². The van der Waals surface area contributed by atoms with E-state index in [2.05, 4.69) is 5.32 Å². The smallest absolute Gasteiger partial charge is 0.242 e. The maximum absolute atomic E-state index is 12.5. The number of halogens is 1. The SMILES string of the molecule is CN(C)S(=O)(=O)c1ccccc1CNC(=O)CSc1cccc2cccc(Cl)c12. The molecule has 0 aliphatic rings. The largest absolute Gasteiger partial charge is 0.351 e. The number of carbonyl (C=O) groups excluding carboxylic acids is 1. The highest BCUT2D eigenvalue weighted by Gasteiger charge is 2.20. The number of rotatable bonds is 7. The molecule has 0 unspecified atom stereocenters. The summed E-state index contributed by atoms with van der Waals surface area (Å²) in [7, 11) is -0.612. The first-order valence-corrected chi connectivity index (χ1v) is 11.7. The molecule has 29 heavy (non-hydrogen) atoms. The second-order valence-corrected chi connectivity index (χ2v) is 10.1. The van der Waals surface area contributed by atoms with Crippen LogP contribution in [0, 0.1) is 0 Å². The molecule has 0 heterocycles. The van der Waals surface area contributed by atoms with Gasteiger partial charge in [0, 0.05) is 35.9 Å². The first-order valence-electron chi connectivity index (χ1n) is 8.88. The van der Waals surface area contributed by atoms with Crippen LogP contribution in [0.4, 0.5) is 0 Å². The molecule has 0 aromatic heterocycles. The Morgan fingerprint density at radius 3 is 2.45 bits per heavy atom. The Morgan fingerprint density at radius 2 is 1.72 bits per heavy atom. The van der Waals surface area contributed by atoms with Gasteiger partial charge in [-0.1, -0.05) is 54.1 Å². The number of thioether (sulfide) groups is 1. The number of amides is 1. The molecule has 0 radical (unpaired) electrons. The van der Waals surface area contributed by atoms with Gasteiger partial charge in [-0.3, -0.25) is 4.79 Å². The van der Waals surface area contributed by atoms with Gasteiger partial charge in [0.25, 0.3) is 0 Å². The number of nitrogens with zero attached hydrogens (tertiary/aromatic N) is 1. The van der Waals surface area contributed by atoms with E-state index in [0.717, 1.165) is 20.0 Å². The van der Waals surface area contributed by atoms with E-state index >= 15 is 0 Å². The van der Waals surface area contributed by atoms with Crippen molar-refractivity contribution in [2.24, 2.45) is 0 Å². The number of hydrogen-bond acceptors (Lipinski definition) is 4. The lowest BCUT2D eigenvalue weighted by atomic mass is 10.1. The first-order chi connectivity index (χ1) is 13.8. The van der Waals surface area contributed by atoms with Crippen LogP contribution in [0.3, 0.4) is 0 Å². The van der Waals surface area contributed by atoms with E-state index in [1.54, 1.807) is 24.3 Å². The highest BCUT2D eigenvalue weighted by Crippen LogP contribution is 2.33. The molecule has 0 saturated carbocycles. The fourth-order valence-electron chi connectivity index (χ4n) is 2.87. The maximum atomic E-state index is 12.5. The summed E-state index contributed by atoms with van der Waals surface area (Å²) in [5.74, 6) is 0.0172. The summed E-state index contributed by atoms with van der Waals surface area (Å²) in [6.07, 6.45) is 0. The van der Waals surface area contributed by atoms with Crippen molar-refractivity contribution in [3.8, 4) is 0 Å². The summed E-state index contributed by atoms with van der Waals surface area (Å²) in [6, 6.07) is 18.2. The molecule has 3 aromatic carbocycles. The Labute approximate surface area is 180 Å². The summed E-state index contributed by atoms with van der Waals surface area (Å²) in [5, 5.41) is 5.40. The minimum Gasteiger partial charge on any atom is -0.351 e. The van der Waals surface area contributed by atoms with Crippen molar-refractivity contribution in [1.82, 2.24) is 9.62 Å². The van der Waals surface area contributed by atoms with E-state index in [4.69, 9.17) is 11.6 Å². The number of nitrogens with one attached hydrogen (secondary N) is 1. The van der Waals surface area contributed by atoms with Gasteiger partial charge >= 0.3 is 0 Å². The number of carbonyl (C=O) groups is 1. The average molecular weight is 449 g/mol. The van der Waals surface area contributed by atoms with Crippen molar-refractivity contribution in [1.29, 1.82) is 0 Å². The van der Waals surface area contributed by atoms with Crippen LogP contribution in [0.15, 0.2) is 70.5 Å². The zero-order valence-corrected chi connectivity index (χ0v) is 18.4. The highest BCUT2D eigenvalue weighted by atomic mass is 35.5. The summed E-state index contributed by atoms with van der Waals surface area (Å²) < 4.78 is 26.1. The van der Waals surface area contributed by atoms with Gasteiger partial charge in [-0.15, -0.1) is 11.8 Å². The monoisotopic (exact) mass is 448 g/mol. The second-order valence-electron chi connectivity index (χ2n) is 6.55. The Bertz CT molecular complexity index is 1140. The summed E-state index contributed by atoms with van der Waals surface area (Å²) in [5.41, 5.74) is 0.549. The Balaban J connectivity index is 1.68. The number of benzene rings is 3. The van der Waals surface area contributed by atoms with Crippen LogP contribution in [0.2, 0.25) is 5.02 Å². The molecule has 0 atom stereocenters. The molecule has 0 spiro atoms. The van der Waals surface area contributed by atoms with E-state index in [0.29, 0.717) is 10.6 Å². The molecular formula is C21H21ClN2O3S2. The van der Waals surface area contributed by atoms with Crippen LogP contribution in [0.25, 0.3) is 10.8 Å². The van der Waals surface area contributed by atoms with E-state index < -0.39 is 10.0 Å². The normalized spacial score (nSPS) is 11.7. The minimum atomic E-state index is -3.58. The third-order valence-electron chi connectivity index (χ3n) is 4.38. The molecule has 8 heteroatoms. The fraction of sp³-hybridized carbons (Fsp3) is 0.190. The molecule has 1 amide bonds. The molecule has 152 valence electrons. The van der Waals surface area contributed by atoms with Crippen LogP contribution in [-0.4, -0.2) is 38.5 Å². The summed E-state index contributed by atoms with van der Waals surface area (Å²) in [4.78, 5) is 13.5. The van der Waals surface area contributed by atoms with Crippen molar-refractivity contribution in [3.63, 3.8) is 0 Å². The van der Waals surface area contributed by atoms with Gasteiger partial charge in [-0.2, -0.15) is 0 Å². The summed E-state index contributed by atoms with van der Waals surface area (Å²) in [6.45, 7) is 0.138. The van der Waals surface area contributed by atoms with Crippen LogP contribution < -0.4 is 5.32 Å². The van der Waals surface area contributed by atoms with E-state index in [9.17, 15) is 13.2 Å². The molecule has 0 aliphatic carbocycles. The van der Waals surface area contributed by atoms with E-state index in [1.807, 2.05) is 36.4 Å². The average Bonchev–Trinajstić information content (AvgIpc) is 2.70. The molecule has 0 aliphatic heterocycles. The third kappa shape index (κ3) is 4.93. The third-order valence-corrected chi connectivity index (χ3v) is 7.67. The molecule has 1 N–H and O–H groups in total. The molecular weight excluding hydrogens is 428 g/mol. The maximum Gasteiger partial charge on any atom is 0.242 e. The second kappa shape index (κ2) is 9.17. The molecule has 5 nitrogen and oxygen atoms in total. The molecule has 0 fully saturated rings. The quantitative estimate of drug-likeness (QED) is 0.551. The van der Waals surface area contributed by atoms with Crippen LogP contribution in [-0.2, 0) is 21.4 Å². The lowest BCUT2D eigenvalue weighted by Gasteiger charge is -2.15. The molecule has 3 aromatic rings. The zero-order chi connectivity index (χ0) is 21.0. The number of sulfonamides is 1. The molecule has 3 rings (SSSR count). The predicted octanol–water partition coefficient (Wildman–Crippen LogP) is 4.15. The van der Waals surface area contributed by atoms with Crippen molar-refractivity contribution in [2.75, 3.05) is 19.8 Å². The standard InChI is InChI=1S/C21H21ClN2O3S2/c1-24(2)29(26,27)19-12-4-3-7-16(19)13-23-20(25)14-28-18-11-6-9-15-8-5-10-17(22)21(15)18/h3-12H,13-14H2,1-2H3,(H,23,25). The van der Waals surface area contributed by atoms with Gasteiger partial charge in [-0.05, 0) is 29.1 Å². The van der Waals surface area contributed by atoms with Crippen LogP contribution in [0.5, 0.6) is 0 Å². The van der Waals surface area contributed by atoms with Gasteiger partial charge in [0.15, 0.2) is 0 Å². The Kier molecular flexibility index (Phi) is 6.85. The van der Waals surface area contributed by atoms with Crippen LogP contribution >= 0.6 is 23.4 Å². The van der Waals surface area contributed by atoms with Crippen molar-refractivity contribution in [2.45, 2.75) is 16.3 Å². The summed E-state index contributed by atoms with van der Waals surface area (Å²) >= 11 is 7.73. The Hall–Kier alpha value is -2.06. The minimum absolute atomic E-state index is 0.138. The topological polar surface area (TPSA) is 66.5 Å². The molecule has 0 bridgehead atoms.